The number of amides is 2. The third-order valence-electron chi connectivity index (χ3n) is 5.46. The molecule has 2 fully saturated rings. The molecule has 0 unspecified atom stereocenters. The van der Waals surface area contributed by atoms with Gasteiger partial charge in [0.05, 0.1) is 13.2 Å². The third kappa shape index (κ3) is 5.78. The second kappa shape index (κ2) is 9.85. The Kier molecular flexibility index (Phi) is 7.24. The Labute approximate surface area is 161 Å². The van der Waals surface area contributed by atoms with Crippen molar-refractivity contribution in [3.8, 4) is 0 Å². The molecule has 6 heteroatoms. The molecule has 2 amide bonds. The first-order chi connectivity index (χ1) is 13.1. The Hall–Kier alpha value is -1.92. The van der Waals surface area contributed by atoms with Crippen LogP contribution in [0.25, 0.3) is 0 Å². The van der Waals surface area contributed by atoms with Crippen LogP contribution in [0.3, 0.4) is 0 Å². The van der Waals surface area contributed by atoms with Crippen LogP contribution in [0.2, 0.25) is 0 Å². The highest BCUT2D eigenvalue weighted by Gasteiger charge is 2.28. The Balaban J connectivity index is 1.46. The minimum atomic E-state index is -0.119. The number of hydrogen-bond acceptors (Lipinski definition) is 4. The fraction of sp³-hybridized carbons (Fsp3) is 0.619. The van der Waals surface area contributed by atoms with E-state index >= 15 is 0 Å². The summed E-state index contributed by atoms with van der Waals surface area (Å²) in [5, 5.41) is 2.87. The SMILES string of the molecule is Cc1ccc(C(=O)NCCC(=O)N2CCCC[C@H]2CN2CCOCC2)cc1. The molecule has 3 rings (SSSR count). The summed E-state index contributed by atoms with van der Waals surface area (Å²) in [4.78, 5) is 29.4. The third-order valence-corrected chi connectivity index (χ3v) is 5.46. The number of rotatable bonds is 6. The van der Waals surface area contributed by atoms with Crippen molar-refractivity contribution in [2.24, 2.45) is 0 Å². The van der Waals surface area contributed by atoms with Gasteiger partial charge in [-0.1, -0.05) is 17.7 Å². The number of ether oxygens (including phenoxy) is 1. The van der Waals surface area contributed by atoms with Gasteiger partial charge in [0.25, 0.3) is 5.91 Å². The fourth-order valence-corrected chi connectivity index (χ4v) is 3.83. The Bertz CT molecular complexity index is 626. The molecule has 1 N–H and O–H groups in total. The number of carbonyl (C=O) groups excluding carboxylic acids is 2. The van der Waals surface area contributed by atoms with Crippen molar-refractivity contribution >= 4 is 11.8 Å². The second-order valence-corrected chi connectivity index (χ2v) is 7.52. The quantitative estimate of drug-likeness (QED) is 0.826. The van der Waals surface area contributed by atoms with Gasteiger partial charge in [-0.15, -0.1) is 0 Å². The van der Waals surface area contributed by atoms with Gasteiger partial charge in [-0.2, -0.15) is 0 Å². The van der Waals surface area contributed by atoms with Crippen molar-refractivity contribution in [3.05, 3.63) is 35.4 Å². The lowest BCUT2D eigenvalue weighted by molar-refractivity contribution is -0.135. The van der Waals surface area contributed by atoms with Crippen LogP contribution in [0, 0.1) is 6.92 Å². The van der Waals surface area contributed by atoms with E-state index in [-0.39, 0.29) is 17.9 Å². The van der Waals surface area contributed by atoms with Crippen molar-refractivity contribution in [1.82, 2.24) is 15.1 Å². The summed E-state index contributed by atoms with van der Waals surface area (Å²) in [6.45, 7) is 7.61. The summed E-state index contributed by atoms with van der Waals surface area (Å²) < 4.78 is 5.42. The highest BCUT2D eigenvalue weighted by Crippen LogP contribution is 2.19. The average Bonchev–Trinajstić information content (AvgIpc) is 2.69. The van der Waals surface area contributed by atoms with Crippen molar-refractivity contribution < 1.29 is 14.3 Å². The molecule has 2 saturated heterocycles. The molecule has 2 aliphatic heterocycles. The number of hydrogen-bond donors (Lipinski definition) is 1. The van der Waals surface area contributed by atoms with Gasteiger partial charge >= 0.3 is 0 Å². The molecule has 1 aromatic carbocycles. The predicted octanol–water partition coefficient (Wildman–Crippen LogP) is 1.83. The van der Waals surface area contributed by atoms with Gasteiger partial charge in [0, 0.05) is 50.7 Å². The van der Waals surface area contributed by atoms with Crippen molar-refractivity contribution in [3.63, 3.8) is 0 Å². The highest BCUT2D eigenvalue weighted by molar-refractivity contribution is 5.94. The van der Waals surface area contributed by atoms with E-state index in [1.54, 1.807) is 0 Å². The lowest BCUT2D eigenvalue weighted by atomic mass is 10.0. The van der Waals surface area contributed by atoms with E-state index in [1.165, 1.54) is 6.42 Å². The topological polar surface area (TPSA) is 61.9 Å². The number of likely N-dealkylation sites (tertiary alicyclic amines) is 1. The van der Waals surface area contributed by atoms with Crippen LogP contribution >= 0.6 is 0 Å². The van der Waals surface area contributed by atoms with Crippen LogP contribution in [0.15, 0.2) is 24.3 Å². The molecule has 1 atom stereocenters. The van der Waals surface area contributed by atoms with E-state index in [1.807, 2.05) is 36.1 Å². The molecule has 0 saturated carbocycles. The van der Waals surface area contributed by atoms with Gasteiger partial charge in [-0.25, -0.2) is 0 Å². The van der Waals surface area contributed by atoms with Gasteiger partial charge in [0.15, 0.2) is 0 Å². The molecule has 0 aliphatic carbocycles. The first kappa shape index (κ1) is 19.8. The van der Waals surface area contributed by atoms with Crippen LogP contribution in [-0.4, -0.2) is 73.6 Å². The standard InChI is InChI=1S/C21H31N3O3/c1-17-5-7-18(8-6-17)21(26)22-10-9-20(25)24-11-3-2-4-19(24)16-23-12-14-27-15-13-23/h5-8,19H,2-4,9-16H2,1H3,(H,22,26)/t19-/m0/s1. The number of carbonyl (C=O) groups is 2. The minimum Gasteiger partial charge on any atom is -0.379 e. The molecular formula is C21H31N3O3. The highest BCUT2D eigenvalue weighted by atomic mass is 16.5. The van der Waals surface area contributed by atoms with E-state index in [0.29, 0.717) is 18.5 Å². The summed E-state index contributed by atoms with van der Waals surface area (Å²) in [5.41, 5.74) is 1.76. The number of benzene rings is 1. The van der Waals surface area contributed by atoms with Crippen LogP contribution in [0.1, 0.15) is 41.6 Å². The molecule has 0 bridgehead atoms. The zero-order chi connectivity index (χ0) is 19.1. The first-order valence-electron chi connectivity index (χ1n) is 10.1. The van der Waals surface area contributed by atoms with Gasteiger partial charge < -0.3 is 15.0 Å². The van der Waals surface area contributed by atoms with Gasteiger partial charge in [-0.3, -0.25) is 14.5 Å². The van der Waals surface area contributed by atoms with E-state index in [9.17, 15) is 9.59 Å². The maximum Gasteiger partial charge on any atom is 0.251 e. The summed E-state index contributed by atoms with van der Waals surface area (Å²) >= 11 is 0. The van der Waals surface area contributed by atoms with Crippen LogP contribution in [-0.2, 0) is 9.53 Å². The summed E-state index contributed by atoms with van der Waals surface area (Å²) in [6, 6.07) is 7.76. The lowest BCUT2D eigenvalue weighted by Crippen LogP contribution is -2.51. The van der Waals surface area contributed by atoms with E-state index in [2.05, 4.69) is 10.2 Å². The molecule has 148 valence electrons. The lowest BCUT2D eigenvalue weighted by Gasteiger charge is -2.39. The van der Waals surface area contributed by atoms with Crippen LogP contribution < -0.4 is 5.32 Å². The number of morpholine rings is 1. The Morgan fingerprint density at radius 3 is 2.59 bits per heavy atom. The number of piperidine rings is 1. The van der Waals surface area contributed by atoms with Crippen LogP contribution in [0.5, 0.6) is 0 Å². The maximum absolute atomic E-state index is 12.7. The van der Waals surface area contributed by atoms with E-state index < -0.39 is 0 Å². The normalized spacial score (nSPS) is 21.1. The van der Waals surface area contributed by atoms with Gasteiger partial charge in [0.2, 0.25) is 5.91 Å². The molecule has 2 aliphatic rings. The molecule has 27 heavy (non-hydrogen) atoms. The summed E-state index contributed by atoms with van der Waals surface area (Å²) in [7, 11) is 0. The van der Waals surface area contributed by atoms with Gasteiger partial charge in [-0.05, 0) is 38.3 Å². The zero-order valence-corrected chi connectivity index (χ0v) is 16.3. The Morgan fingerprint density at radius 1 is 1.11 bits per heavy atom. The molecule has 0 aromatic heterocycles. The Morgan fingerprint density at radius 2 is 1.85 bits per heavy atom. The van der Waals surface area contributed by atoms with Crippen LogP contribution in [0.4, 0.5) is 0 Å². The summed E-state index contributed by atoms with van der Waals surface area (Å²) in [5.74, 6) is 0.0310. The molecule has 0 radical (unpaired) electrons. The minimum absolute atomic E-state index is 0.119. The molecule has 0 spiro atoms. The zero-order valence-electron chi connectivity index (χ0n) is 16.3. The van der Waals surface area contributed by atoms with Crippen molar-refractivity contribution in [1.29, 1.82) is 0 Å². The van der Waals surface area contributed by atoms with Crippen molar-refractivity contribution in [2.75, 3.05) is 45.9 Å². The molecule has 2 heterocycles. The predicted molar refractivity (Wildman–Crippen MR) is 105 cm³/mol. The fourth-order valence-electron chi connectivity index (χ4n) is 3.83. The first-order valence-corrected chi connectivity index (χ1v) is 10.1. The monoisotopic (exact) mass is 373 g/mol. The van der Waals surface area contributed by atoms with E-state index in [0.717, 1.165) is 57.8 Å². The molecule has 6 nitrogen and oxygen atoms in total. The number of nitrogens with zero attached hydrogens (tertiary/aromatic N) is 2. The largest absolute Gasteiger partial charge is 0.379 e. The van der Waals surface area contributed by atoms with Gasteiger partial charge in [0.1, 0.15) is 0 Å². The smallest absolute Gasteiger partial charge is 0.251 e. The molecular weight excluding hydrogens is 342 g/mol. The molecule has 1 aromatic rings. The average molecular weight is 373 g/mol. The van der Waals surface area contributed by atoms with Crippen molar-refractivity contribution in [2.45, 2.75) is 38.6 Å². The number of aryl methyl sites for hydroxylation is 1. The van der Waals surface area contributed by atoms with E-state index in [4.69, 9.17) is 4.74 Å². The second-order valence-electron chi connectivity index (χ2n) is 7.52. The number of nitrogens with one attached hydrogen (secondary N) is 1. The summed E-state index contributed by atoms with van der Waals surface area (Å²) in [6.07, 6.45) is 3.68. The maximum atomic E-state index is 12.7.